The van der Waals surface area contributed by atoms with E-state index in [1.165, 1.54) is 0 Å². The summed E-state index contributed by atoms with van der Waals surface area (Å²) in [6, 6.07) is 15.7. The third kappa shape index (κ3) is 3.58. The summed E-state index contributed by atoms with van der Waals surface area (Å²) in [5, 5.41) is 4.38. The van der Waals surface area contributed by atoms with Crippen LogP contribution in [0.25, 0.3) is 5.69 Å². The van der Waals surface area contributed by atoms with Gasteiger partial charge < -0.3 is 14.4 Å². The van der Waals surface area contributed by atoms with Gasteiger partial charge in [-0.2, -0.15) is 5.10 Å². The van der Waals surface area contributed by atoms with Crippen LogP contribution >= 0.6 is 11.8 Å². The molecule has 3 aromatic rings. The fraction of sp³-hybridized carbons (Fsp3) is 0.273. The summed E-state index contributed by atoms with van der Waals surface area (Å²) in [6.07, 6.45) is 1.67. The lowest BCUT2D eigenvalue weighted by Crippen LogP contribution is -2.30. The molecular formula is C22H23N3O3S. The first-order valence-electron chi connectivity index (χ1n) is 9.38. The third-order valence-corrected chi connectivity index (χ3v) is 6.35. The number of amides is 1. The monoisotopic (exact) mass is 409 g/mol. The molecule has 1 atom stereocenters. The van der Waals surface area contributed by atoms with Crippen molar-refractivity contribution < 1.29 is 14.3 Å². The van der Waals surface area contributed by atoms with E-state index in [1.54, 1.807) is 32.2 Å². The topological polar surface area (TPSA) is 56.6 Å². The van der Waals surface area contributed by atoms with E-state index in [0.29, 0.717) is 23.6 Å². The summed E-state index contributed by atoms with van der Waals surface area (Å²) < 4.78 is 12.6. The van der Waals surface area contributed by atoms with Gasteiger partial charge in [-0.05, 0) is 36.8 Å². The van der Waals surface area contributed by atoms with Crippen LogP contribution in [0.1, 0.15) is 27.0 Å². The molecule has 150 valence electrons. The van der Waals surface area contributed by atoms with Gasteiger partial charge in [0.15, 0.2) is 11.5 Å². The number of nitrogens with zero attached hydrogens (tertiary/aromatic N) is 3. The van der Waals surface area contributed by atoms with Crippen molar-refractivity contribution in [2.75, 3.05) is 26.5 Å². The predicted molar refractivity (Wildman–Crippen MR) is 114 cm³/mol. The maximum absolute atomic E-state index is 13.4. The number of methoxy groups -OCH3 is 2. The number of aromatic nitrogens is 2. The molecule has 7 heteroatoms. The lowest BCUT2D eigenvalue weighted by Gasteiger charge is -2.24. The Kier molecular flexibility index (Phi) is 5.49. The molecule has 0 radical (unpaired) electrons. The zero-order valence-electron chi connectivity index (χ0n) is 16.7. The minimum atomic E-state index is -0.0678. The molecule has 1 aromatic heterocycles. The Balaban J connectivity index is 1.63. The first-order chi connectivity index (χ1) is 14.1. The molecule has 0 N–H and O–H groups in total. The first kappa shape index (κ1) is 19.4. The van der Waals surface area contributed by atoms with Crippen molar-refractivity contribution >= 4 is 17.7 Å². The molecular weight excluding hydrogens is 386 g/mol. The van der Waals surface area contributed by atoms with Gasteiger partial charge in [0.2, 0.25) is 0 Å². The number of thioether (sulfide) groups is 1. The molecule has 0 saturated carbocycles. The van der Waals surface area contributed by atoms with Crippen LogP contribution in [0.3, 0.4) is 0 Å². The van der Waals surface area contributed by atoms with E-state index >= 15 is 0 Å². The van der Waals surface area contributed by atoms with Crippen molar-refractivity contribution in [2.24, 2.45) is 0 Å². The minimum absolute atomic E-state index is 0.00512. The highest BCUT2D eigenvalue weighted by atomic mass is 32.2. The average Bonchev–Trinajstić information content (AvgIpc) is 3.40. The molecule has 2 heterocycles. The SMILES string of the molecule is COc1ccc(C2SCCN2C(=O)c2cnn(-c3ccccc3)c2C)cc1OC. The van der Waals surface area contributed by atoms with Crippen LogP contribution < -0.4 is 9.47 Å². The van der Waals surface area contributed by atoms with Gasteiger partial charge in [0.05, 0.1) is 37.4 Å². The first-order valence-corrected chi connectivity index (χ1v) is 10.4. The molecule has 6 nitrogen and oxygen atoms in total. The van der Waals surface area contributed by atoms with E-state index < -0.39 is 0 Å². The molecule has 1 unspecified atom stereocenters. The number of hydrogen-bond acceptors (Lipinski definition) is 5. The Bertz CT molecular complexity index is 1020. The zero-order chi connectivity index (χ0) is 20.4. The van der Waals surface area contributed by atoms with Gasteiger partial charge in [-0.3, -0.25) is 4.79 Å². The van der Waals surface area contributed by atoms with E-state index in [1.807, 2.05) is 65.0 Å². The Morgan fingerprint density at radius 1 is 1.10 bits per heavy atom. The number of rotatable bonds is 5. The van der Waals surface area contributed by atoms with Crippen molar-refractivity contribution in [3.05, 3.63) is 71.5 Å². The van der Waals surface area contributed by atoms with E-state index in [2.05, 4.69) is 5.10 Å². The van der Waals surface area contributed by atoms with Crippen molar-refractivity contribution in [1.29, 1.82) is 0 Å². The maximum Gasteiger partial charge on any atom is 0.258 e. The predicted octanol–water partition coefficient (Wildman–Crippen LogP) is 4.09. The van der Waals surface area contributed by atoms with Gasteiger partial charge in [-0.25, -0.2) is 4.68 Å². The highest BCUT2D eigenvalue weighted by molar-refractivity contribution is 7.99. The highest BCUT2D eigenvalue weighted by Gasteiger charge is 2.33. The highest BCUT2D eigenvalue weighted by Crippen LogP contribution is 2.41. The molecule has 1 saturated heterocycles. The molecule has 4 rings (SSSR count). The quantitative estimate of drug-likeness (QED) is 0.635. The summed E-state index contributed by atoms with van der Waals surface area (Å²) in [5.74, 6) is 2.22. The van der Waals surface area contributed by atoms with E-state index in [-0.39, 0.29) is 11.3 Å². The van der Waals surface area contributed by atoms with Crippen LogP contribution in [-0.2, 0) is 0 Å². The largest absolute Gasteiger partial charge is 0.493 e. The van der Waals surface area contributed by atoms with E-state index in [9.17, 15) is 4.79 Å². The van der Waals surface area contributed by atoms with Gasteiger partial charge in [0.1, 0.15) is 5.37 Å². The smallest absolute Gasteiger partial charge is 0.258 e. The Morgan fingerprint density at radius 3 is 2.59 bits per heavy atom. The van der Waals surface area contributed by atoms with Crippen molar-refractivity contribution in [2.45, 2.75) is 12.3 Å². The number of carbonyl (C=O) groups excluding carboxylic acids is 1. The van der Waals surface area contributed by atoms with Gasteiger partial charge in [-0.15, -0.1) is 11.8 Å². The van der Waals surface area contributed by atoms with E-state index in [0.717, 1.165) is 22.7 Å². The van der Waals surface area contributed by atoms with Crippen molar-refractivity contribution in [3.63, 3.8) is 0 Å². The van der Waals surface area contributed by atoms with Crippen molar-refractivity contribution in [3.8, 4) is 17.2 Å². The standard InChI is InChI=1S/C22H23N3O3S/c1-15-18(14-23-25(15)17-7-5-4-6-8-17)21(26)24-11-12-29-22(24)16-9-10-19(27-2)20(13-16)28-3/h4-10,13-14,22H,11-12H2,1-3H3. The van der Waals surface area contributed by atoms with Crippen LogP contribution in [0.2, 0.25) is 0 Å². The number of hydrogen-bond donors (Lipinski definition) is 0. The summed E-state index contributed by atoms with van der Waals surface area (Å²) >= 11 is 1.75. The zero-order valence-corrected chi connectivity index (χ0v) is 17.5. The molecule has 0 aliphatic carbocycles. The van der Waals surface area contributed by atoms with Gasteiger partial charge >= 0.3 is 0 Å². The lowest BCUT2D eigenvalue weighted by atomic mass is 10.1. The van der Waals surface area contributed by atoms with Crippen LogP contribution in [0.15, 0.2) is 54.7 Å². The van der Waals surface area contributed by atoms with E-state index in [4.69, 9.17) is 9.47 Å². The summed E-state index contributed by atoms with van der Waals surface area (Å²) in [5.41, 5.74) is 3.42. The molecule has 29 heavy (non-hydrogen) atoms. The third-order valence-electron chi connectivity index (χ3n) is 5.09. The molecule has 1 fully saturated rings. The lowest BCUT2D eigenvalue weighted by molar-refractivity contribution is 0.0759. The van der Waals surface area contributed by atoms with Crippen LogP contribution in [0, 0.1) is 6.92 Å². The second kappa shape index (κ2) is 8.21. The fourth-order valence-electron chi connectivity index (χ4n) is 3.56. The molecule has 1 amide bonds. The second-order valence-electron chi connectivity index (χ2n) is 6.73. The van der Waals surface area contributed by atoms with Crippen LogP contribution in [-0.4, -0.2) is 47.1 Å². The molecule has 1 aliphatic rings. The normalized spacial score (nSPS) is 16.1. The molecule has 0 spiro atoms. The molecule has 1 aliphatic heterocycles. The Morgan fingerprint density at radius 2 is 1.86 bits per heavy atom. The number of carbonyl (C=O) groups is 1. The number of ether oxygens (including phenoxy) is 2. The molecule has 0 bridgehead atoms. The van der Waals surface area contributed by atoms with Gasteiger partial charge in [0, 0.05) is 12.3 Å². The summed E-state index contributed by atoms with van der Waals surface area (Å²) in [7, 11) is 3.23. The minimum Gasteiger partial charge on any atom is -0.493 e. The number of para-hydroxylation sites is 1. The Hall–Kier alpha value is -2.93. The maximum atomic E-state index is 13.4. The van der Waals surface area contributed by atoms with Crippen LogP contribution in [0.4, 0.5) is 0 Å². The van der Waals surface area contributed by atoms with Crippen LogP contribution in [0.5, 0.6) is 11.5 Å². The van der Waals surface area contributed by atoms with Crippen molar-refractivity contribution in [1.82, 2.24) is 14.7 Å². The second-order valence-corrected chi connectivity index (χ2v) is 7.92. The van der Waals surface area contributed by atoms with Gasteiger partial charge in [0.25, 0.3) is 5.91 Å². The summed E-state index contributed by atoms with van der Waals surface area (Å²) in [6.45, 7) is 2.63. The Labute approximate surface area is 174 Å². The van der Waals surface area contributed by atoms with Gasteiger partial charge in [-0.1, -0.05) is 24.3 Å². The fourth-order valence-corrected chi connectivity index (χ4v) is 4.81. The average molecular weight is 410 g/mol. The number of benzene rings is 2. The molecule has 2 aromatic carbocycles. The summed E-state index contributed by atoms with van der Waals surface area (Å²) in [4.78, 5) is 15.3.